The number of carbonyl (C=O) groups is 2. The molecule has 2 aliphatic rings. The summed E-state index contributed by atoms with van der Waals surface area (Å²) in [6, 6.07) is -2.19. The first-order valence-corrected chi connectivity index (χ1v) is 8.61. The molecule has 138 valence electrons. The molecular formula is C10H15N7O7S. The highest BCUT2D eigenvalue weighted by Crippen LogP contribution is 2.30. The minimum Gasteiger partial charge on any atom is -0.309 e. The van der Waals surface area contributed by atoms with Crippen LogP contribution in [0.1, 0.15) is 12.8 Å². The standard InChI is InChI=1S/C10H15N7O7S/c18-9(12-23-4-3-15-6-11-13-14-15)8-2-1-7-5-16(8)10(19)17(7)24-25(20,21)22/h6-8H,1-5H2,(H,12,18)(H,20,21,22)/t7-,8+/m1/s1. The summed E-state index contributed by atoms with van der Waals surface area (Å²) in [5, 5.41) is 11.1. The highest BCUT2D eigenvalue weighted by molar-refractivity contribution is 7.80. The Labute approximate surface area is 141 Å². The lowest BCUT2D eigenvalue weighted by Crippen LogP contribution is -2.49. The van der Waals surface area contributed by atoms with Crippen LogP contribution in [0.5, 0.6) is 0 Å². The van der Waals surface area contributed by atoms with Crippen LogP contribution in [0.2, 0.25) is 0 Å². The maximum absolute atomic E-state index is 12.2. The molecule has 2 fully saturated rings. The fourth-order valence-electron chi connectivity index (χ4n) is 2.72. The predicted molar refractivity (Wildman–Crippen MR) is 75.3 cm³/mol. The van der Waals surface area contributed by atoms with Crippen molar-refractivity contribution in [3.63, 3.8) is 0 Å². The van der Waals surface area contributed by atoms with E-state index >= 15 is 0 Å². The van der Waals surface area contributed by atoms with Gasteiger partial charge in [-0.05, 0) is 23.3 Å². The molecule has 2 N–H and O–H groups in total. The van der Waals surface area contributed by atoms with Crippen LogP contribution in [0.25, 0.3) is 0 Å². The maximum atomic E-state index is 12.2. The van der Waals surface area contributed by atoms with Gasteiger partial charge in [0.05, 0.1) is 19.2 Å². The van der Waals surface area contributed by atoms with Gasteiger partial charge < -0.3 is 4.90 Å². The van der Waals surface area contributed by atoms with Crippen LogP contribution in [0, 0.1) is 0 Å². The molecule has 0 radical (unpaired) electrons. The number of hydrogen-bond acceptors (Lipinski definition) is 9. The van der Waals surface area contributed by atoms with E-state index < -0.39 is 34.4 Å². The Morgan fingerprint density at radius 2 is 2.24 bits per heavy atom. The molecule has 3 amide bonds. The second-order valence-corrected chi connectivity index (χ2v) is 6.40. The van der Waals surface area contributed by atoms with E-state index in [1.54, 1.807) is 0 Å². The van der Waals surface area contributed by atoms with Crippen LogP contribution in [0.3, 0.4) is 0 Å². The normalized spacial score (nSPS) is 23.2. The van der Waals surface area contributed by atoms with Gasteiger partial charge in [-0.25, -0.2) is 15.0 Å². The molecule has 15 heteroatoms. The number of tetrazole rings is 1. The summed E-state index contributed by atoms with van der Waals surface area (Å²) < 4.78 is 36.1. The average Bonchev–Trinajstić information content (AvgIpc) is 3.14. The summed E-state index contributed by atoms with van der Waals surface area (Å²) in [4.78, 5) is 30.6. The number of amides is 3. The summed E-state index contributed by atoms with van der Waals surface area (Å²) in [5.41, 5.74) is 2.24. The molecule has 3 heterocycles. The number of hydrogen-bond donors (Lipinski definition) is 2. The number of nitrogens with zero attached hydrogens (tertiary/aromatic N) is 6. The monoisotopic (exact) mass is 377 g/mol. The molecule has 25 heavy (non-hydrogen) atoms. The summed E-state index contributed by atoms with van der Waals surface area (Å²) in [5.74, 6) is -0.544. The van der Waals surface area contributed by atoms with Crippen LogP contribution >= 0.6 is 0 Å². The first kappa shape index (κ1) is 17.5. The van der Waals surface area contributed by atoms with Crippen LogP contribution < -0.4 is 5.48 Å². The van der Waals surface area contributed by atoms with Crippen LogP contribution in [0.15, 0.2) is 6.33 Å². The van der Waals surface area contributed by atoms with E-state index in [9.17, 15) is 18.0 Å². The molecule has 2 saturated heterocycles. The zero-order chi connectivity index (χ0) is 18.0. The first-order valence-electron chi connectivity index (χ1n) is 7.24. The molecule has 1 aromatic rings. The molecule has 0 unspecified atom stereocenters. The molecule has 14 nitrogen and oxygen atoms in total. The molecule has 3 rings (SSSR count). The molecule has 0 aromatic carbocycles. The van der Waals surface area contributed by atoms with Crippen molar-refractivity contribution in [2.45, 2.75) is 31.5 Å². The van der Waals surface area contributed by atoms with E-state index in [1.807, 2.05) is 0 Å². The third-order valence-corrected chi connectivity index (χ3v) is 4.14. The van der Waals surface area contributed by atoms with Crippen molar-refractivity contribution in [1.82, 2.24) is 35.7 Å². The van der Waals surface area contributed by atoms with E-state index in [2.05, 4.69) is 25.3 Å². The molecule has 0 spiro atoms. The number of carbonyl (C=O) groups excluding carboxylic acids is 2. The van der Waals surface area contributed by atoms with Crippen molar-refractivity contribution in [2.75, 3.05) is 13.2 Å². The fraction of sp³-hybridized carbons (Fsp3) is 0.700. The smallest absolute Gasteiger partial charge is 0.309 e. The number of fused-ring (bicyclic) bond motifs is 2. The largest absolute Gasteiger partial charge is 0.418 e. The van der Waals surface area contributed by atoms with E-state index in [4.69, 9.17) is 9.39 Å². The molecular weight excluding hydrogens is 362 g/mol. The second kappa shape index (κ2) is 6.87. The summed E-state index contributed by atoms with van der Waals surface area (Å²) in [6.07, 6.45) is 2.02. The van der Waals surface area contributed by atoms with Gasteiger partial charge in [0, 0.05) is 6.54 Å². The third-order valence-electron chi connectivity index (χ3n) is 3.79. The van der Waals surface area contributed by atoms with E-state index in [0.29, 0.717) is 24.4 Å². The molecule has 0 aliphatic carbocycles. The van der Waals surface area contributed by atoms with Gasteiger partial charge in [-0.1, -0.05) is 0 Å². The van der Waals surface area contributed by atoms with Crippen LogP contribution in [0.4, 0.5) is 4.79 Å². The lowest BCUT2D eigenvalue weighted by atomic mass is 10.0. The predicted octanol–water partition coefficient (Wildman–Crippen LogP) is -2.28. The Bertz CT molecular complexity index is 739. The van der Waals surface area contributed by atoms with Crippen molar-refractivity contribution in [3.05, 3.63) is 6.33 Å². The zero-order valence-corrected chi connectivity index (χ0v) is 13.6. The minimum absolute atomic E-state index is 0.108. The van der Waals surface area contributed by atoms with Crippen molar-refractivity contribution in [3.8, 4) is 0 Å². The Balaban J connectivity index is 1.51. The lowest BCUT2D eigenvalue weighted by molar-refractivity contribution is -0.139. The van der Waals surface area contributed by atoms with E-state index in [-0.39, 0.29) is 13.2 Å². The molecule has 1 aromatic heterocycles. The lowest BCUT2D eigenvalue weighted by Gasteiger charge is -2.28. The summed E-state index contributed by atoms with van der Waals surface area (Å²) >= 11 is 0. The highest BCUT2D eigenvalue weighted by atomic mass is 32.3. The highest BCUT2D eigenvalue weighted by Gasteiger charge is 2.49. The van der Waals surface area contributed by atoms with Gasteiger partial charge in [-0.15, -0.1) is 9.38 Å². The molecule has 2 aliphatic heterocycles. The van der Waals surface area contributed by atoms with Gasteiger partial charge in [-0.2, -0.15) is 13.5 Å². The van der Waals surface area contributed by atoms with Gasteiger partial charge in [0.2, 0.25) is 0 Å². The Kier molecular flexibility index (Phi) is 4.80. The third kappa shape index (κ3) is 4.01. The Morgan fingerprint density at radius 3 is 2.92 bits per heavy atom. The van der Waals surface area contributed by atoms with Gasteiger partial charge in [-0.3, -0.25) is 14.2 Å². The van der Waals surface area contributed by atoms with Crippen molar-refractivity contribution >= 4 is 22.3 Å². The van der Waals surface area contributed by atoms with Gasteiger partial charge in [0.1, 0.15) is 12.4 Å². The first-order chi connectivity index (χ1) is 11.8. The van der Waals surface area contributed by atoms with E-state index in [1.165, 1.54) is 15.9 Å². The second-order valence-electron chi connectivity index (χ2n) is 5.40. The number of urea groups is 1. The number of piperidine rings is 1. The average molecular weight is 377 g/mol. The fourth-order valence-corrected chi connectivity index (χ4v) is 3.10. The molecule has 2 bridgehead atoms. The number of aromatic nitrogens is 4. The number of hydroxylamine groups is 3. The molecule has 0 saturated carbocycles. The Morgan fingerprint density at radius 1 is 1.44 bits per heavy atom. The van der Waals surface area contributed by atoms with Crippen molar-refractivity contribution < 1.29 is 31.7 Å². The van der Waals surface area contributed by atoms with Crippen molar-refractivity contribution in [2.24, 2.45) is 0 Å². The van der Waals surface area contributed by atoms with Crippen LogP contribution in [-0.4, -0.2) is 80.3 Å². The zero-order valence-electron chi connectivity index (χ0n) is 12.8. The minimum atomic E-state index is -4.82. The quantitative estimate of drug-likeness (QED) is 0.300. The summed E-state index contributed by atoms with van der Waals surface area (Å²) in [6.45, 7) is 0.535. The topological polar surface area (TPSA) is 169 Å². The summed E-state index contributed by atoms with van der Waals surface area (Å²) in [7, 11) is -4.82. The Hall–Kier alpha value is -2.36. The van der Waals surface area contributed by atoms with Crippen molar-refractivity contribution in [1.29, 1.82) is 0 Å². The van der Waals surface area contributed by atoms with Gasteiger partial charge >= 0.3 is 16.4 Å². The SMILES string of the molecule is O=C(NOCCn1cnnn1)[C@@H]1CC[C@@H]2CN1C(=O)N2OS(=O)(=O)O. The van der Waals surface area contributed by atoms with Crippen LogP contribution in [-0.2, 0) is 30.9 Å². The molecule has 2 atom stereocenters. The number of rotatable bonds is 7. The van der Waals surface area contributed by atoms with E-state index in [0.717, 1.165) is 0 Å². The maximum Gasteiger partial charge on any atom is 0.418 e. The van der Waals surface area contributed by atoms with Gasteiger partial charge in [0.15, 0.2) is 0 Å². The van der Waals surface area contributed by atoms with Gasteiger partial charge in [0.25, 0.3) is 5.91 Å². The number of nitrogens with one attached hydrogen (secondary N) is 1.